The molecule has 1 aromatic carbocycles. The molecule has 2 heterocycles. The lowest BCUT2D eigenvalue weighted by Gasteiger charge is -2.30. The molecular weight excluding hydrogens is 278 g/mol. The lowest BCUT2D eigenvalue weighted by Crippen LogP contribution is -2.43. The van der Waals surface area contributed by atoms with Gasteiger partial charge < -0.3 is 10.7 Å². The molecule has 1 atom stereocenters. The summed E-state index contributed by atoms with van der Waals surface area (Å²) in [6, 6.07) is 7.84. The molecule has 0 spiro atoms. The monoisotopic (exact) mass is 299 g/mol. The Balaban J connectivity index is 1.79. The number of rotatable bonds is 4. The SMILES string of the molecule is Cc1[nH]c2ccccc2c1C(=O)CN1CCCC(C(N)=O)C1. The first-order chi connectivity index (χ1) is 10.6. The van der Waals surface area contributed by atoms with Gasteiger partial charge in [0.2, 0.25) is 5.91 Å². The lowest BCUT2D eigenvalue weighted by atomic mass is 9.96. The first-order valence-corrected chi connectivity index (χ1v) is 7.68. The van der Waals surface area contributed by atoms with Crippen LogP contribution in [0, 0.1) is 12.8 Å². The van der Waals surface area contributed by atoms with Crippen LogP contribution in [0.3, 0.4) is 0 Å². The van der Waals surface area contributed by atoms with Crippen molar-refractivity contribution >= 4 is 22.6 Å². The number of aromatic nitrogens is 1. The van der Waals surface area contributed by atoms with Gasteiger partial charge in [-0.3, -0.25) is 14.5 Å². The molecule has 22 heavy (non-hydrogen) atoms. The van der Waals surface area contributed by atoms with Gasteiger partial charge in [-0.15, -0.1) is 0 Å². The number of aryl methyl sites for hydroxylation is 1. The fourth-order valence-electron chi connectivity index (χ4n) is 3.35. The van der Waals surface area contributed by atoms with Crippen molar-refractivity contribution in [1.29, 1.82) is 0 Å². The zero-order chi connectivity index (χ0) is 15.7. The van der Waals surface area contributed by atoms with E-state index in [0.29, 0.717) is 13.1 Å². The fraction of sp³-hybridized carbons (Fsp3) is 0.412. The van der Waals surface area contributed by atoms with Crippen LogP contribution in [-0.2, 0) is 4.79 Å². The Morgan fingerprint density at radius 1 is 1.36 bits per heavy atom. The van der Waals surface area contributed by atoms with Gasteiger partial charge >= 0.3 is 0 Å². The van der Waals surface area contributed by atoms with E-state index >= 15 is 0 Å². The summed E-state index contributed by atoms with van der Waals surface area (Å²) in [6.45, 7) is 3.70. The summed E-state index contributed by atoms with van der Waals surface area (Å²) < 4.78 is 0. The number of hydrogen-bond donors (Lipinski definition) is 2. The molecule has 5 nitrogen and oxygen atoms in total. The molecule has 1 amide bonds. The second-order valence-corrected chi connectivity index (χ2v) is 6.07. The summed E-state index contributed by atoms with van der Waals surface area (Å²) in [5.41, 5.74) is 8.04. The van der Waals surface area contributed by atoms with Gasteiger partial charge in [-0.2, -0.15) is 0 Å². The first kappa shape index (κ1) is 14.8. The third kappa shape index (κ3) is 2.76. The van der Waals surface area contributed by atoms with Crippen molar-refractivity contribution in [3.63, 3.8) is 0 Å². The van der Waals surface area contributed by atoms with Gasteiger partial charge in [-0.05, 0) is 32.4 Å². The largest absolute Gasteiger partial charge is 0.369 e. The number of primary amides is 1. The molecule has 1 aliphatic rings. The summed E-state index contributed by atoms with van der Waals surface area (Å²) in [7, 11) is 0. The fourth-order valence-corrected chi connectivity index (χ4v) is 3.35. The maximum Gasteiger partial charge on any atom is 0.221 e. The normalized spacial score (nSPS) is 19.4. The number of Topliss-reactive ketones (excluding diaryl/α,β-unsaturated/α-hetero) is 1. The average molecular weight is 299 g/mol. The molecular formula is C17H21N3O2. The number of ketones is 1. The highest BCUT2D eigenvalue weighted by Gasteiger charge is 2.26. The van der Waals surface area contributed by atoms with E-state index in [0.717, 1.165) is 41.5 Å². The van der Waals surface area contributed by atoms with Gasteiger partial charge in [-0.1, -0.05) is 18.2 Å². The van der Waals surface area contributed by atoms with Crippen molar-refractivity contribution < 1.29 is 9.59 Å². The van der Waals surface area contributed by atoms with Gasteiger partial charge in [0.1, 0.15) is 0 Å². The van der Waals surface area contributed by atoms with Crippen LogP contribution >= 0.6 is 0 Å². The topological polar surface area (TPSA) is 79.2 Å². The van der Waals surface area contributed by atoms with Gasteiger partial charge in [0.05, 0.1) is 12.5 Å². The Labute approximate surface area is 129 Å². The van der Waals surface area contributed by atoms with Gasteiger partial charge in [0.25, 0.3) is 0 Å². The number of nitrogens with one attached hydrogen (secondary N) is 1. The third-order valence-electron chi connectivity index (χ3n) is 4.45. The number of nitrogens with zero attached hydrogens (tertiary/aromatic N) is 1. The number of benzene rings is 1. The Hall–Kier alpha value is -2.14. The summed E-state index contributed by atoms with van der Waals surface area (Å²) in [4.78, 5) is 29.4. The number of piperidine rings is 1. The van der Waals surface area contributed by atoms with Crippen molar-refractivity contribution in [2.75, 3.05) is 19.6 Å². The molecule has 1 aliphatic heterocycles. The number of H-pyrrole nitrogens is 1. The number of likely N-dealkylation sites (tertiary alicyclic amines) is 1. The van der Waals surface area contributed by atoms with Crippen LogP contribution in [0.25, 0.3) is 10.9 Å². The van der Waals surface area contributed by atoms with Crippen molar-refractivity contribution in [3.8, 4) is 0 Å². The van der Waals surface area contributed by atoms with Crippen LogP contribution in [0.5, 0.6) is 0 Å². The number of carbonyl (C=O) groups is 2. The minimum atomic E-state index is -0.263. The van der Waals surface area contributed by atoms with Gasteiger partial charge in [0, 0.05) is 28.7 Å². The average Bonchev–Trinajstić information content (AvgIpc) is 2.83. The summed E-state index contributed by atoms with van der Waals surface area (Å²) >= 11 is 0. The van der Waals surface area contributed by atoms with Crippen LogP contribution in [0.4, 0.5) is 0 Å². The van der Waals surface area contributed by atoms with Crippen molar-refractivity contribution in [2.24, 2.45) is 11.7 Å². The molecule has 0 radical (unpaired) electrons. The maximum absolute atomic E-state index is 12.7. The Morgan fingerprint density at radius 3 is 2.91 bits per heavy atom. The highest BCUT2D eigenvalue weighted by atomic mass is 16.1. The first-order valence-electron chi connectivity index (χ1n) is 7.68. The Kier molecular flexibility index (Phi) is 3.98. The molecule has 1 fully saturated rings. The van der Waals surface area contributed by atoms with E-state index in [9.17, 15) is 9.59 Å². The van der Waals surface area contributed by atoms with Crippen LogP contribution in [-0.4, -0.2) is 41.2 Å². The lowest BCUT2D eigenvalue weighted by molar-refractivity contribution is -0.123. The van der Waals surface area contributed by atoms with E-state index in [4.69, 9.17) is 5.73 Å². The van der Waals surface area contributed by atoms with E-state index < -0.39 is 0 Å². The number of para-hydroxylation sites is 1. The number of carbonyl (C=O) groups excluding carboxylic acids is 2. The quantitative estimate of drug-likeness (QED) is 0.846. The smallest absolute Gasteiger partial charge is 0.221 e. The molecule has 116 valence electrons. The number of aromatic amines is 1. The summed E-state index contributed by atoms with van der Waals surface area (Å²) in [5, 5.41) is 0.966. The number of nitrogens with two attached hydrogens (primary N) is 1. The van der Waals surface area contributed by atoms with Crippen molar-refractivity contribution in [2.45, 2.75) is 19.8 Å². The van der Waals surface area contributed by atoms with E-state index in [1.54, 1.807) is 0 Å². The predicted molar refractivity (Wildman–Crippen MR) is 85.7 cm³/mol. The maximum atomic E-state index is 12.7. The van der Waals surface area contributed by atoms with Crippen LogP contribution < -0.4 is 5.73 Å². The molecule has 3 N–H and O–H groups in total. The molecule has 1 aromatic heterocycles. The van der Waals surface area contributed by atoms with Crippen LogP contribution in [0.15, 0.2) is 24.3 Å². The zero-order valence-electron chi connectivity index (χ0n) is 12.8. The third-order valence-corrected chi connectivity index (χ3v) is 4.45. The minimum absolute atomic E-state index is 0.0973. The second kappa shape index (κ2) is 5.93. The second-order valence-electron chi connectivity index (χ2n) is 6.07. The number of hydrogen-bond acceptors (Lipinski definition) is 3. The molecule has 2 aromatic rings. The van der Waals surface area contributed by atoms with Gasteiger partial charge in [-0.25, -0.2) is 0 Å². The van der Waals surface area contributed by atoms with Crippen LogP contribution in [0.1, 0.15) is 28.9 Å². The van der Waals surface area contributed by atoms with Gasteiger partial charge in [0.15, 0.2) is 5.78 Å². The summed E-state index contributed by atoms with van der Waals surface area (Å²) in [5.74, 6) is -0.300. The highest BCUT2D eigenvalue weighted by Crippen LogP contribution is 2.23. The number of amides is 1. The molecule has 1 saturated heterocycles. The van der Waals surface area contributed by atoms with Crippen LogP contribution in [0.2, 0.25) is 0 Å². The van der Waals surface area contributed by atoms with Crippen molar-refractivity contribution in [3.05, 3.63) is 35.5 Å². The standard InChI is InChI=1S/C17H21N3O2/c1-11-16(13-6-2-3-7-14(13)19-11)15(21)10-20-8-4-5-12(9-20)17(18)22/h2-3,6-7,12,19H,4-5,8-10H2,1H3,(H2,18,22). The van der Waals surface area contributed by atoms with E-state index in [1.807, 2.05) is 36.1 Å². The van der Waals surface area contributed by atoms with E-state index in [2.05, 4.69) is 4.98 Å². The van der Waals surface area contributed by atoms with Crippen molar-refractivity contribution in [1.82, 2.24) is 9.88 Å². The molecule has 0 aliphatic carbocycles. The molecule has 0 saturated carbocycles. The molecule has 0 bridgehead atoms. The predicted octanol–water partition coefficient (Wildman–Crippen LogP) is 1.86. The molecule has 1 unspecified atom stereocenters. The minimum Gasteiger partial charge on any atom is -0.369 e. The van der Waals surface area contributed by atoms with E-state index in [1.165, 1.54) is 0 Å². The Bertz CT molecular complexity index is 720. The number of fused-ring (bicyclic) bond motifs is 1. The Morgan fingerprint density at radius 2 is 2.14 bits per heavy atom. The van der Waals surface area contributed by atoms with E-state index in [-0.39, 0.29) is 17.6 Å². The molecule has 5 heteroatoms. The highest BCUT2D eigenvalue weighted by molar-refractivity contribution is 6.10. The summed E-state index contributed by atoms with van der Waals surface area (Å²) in [6.07, 6.45) is 1.74. The zero-order valence-corrected chi connectivity index (χ0v) is 12.8. The molecule has 3 rings (SSSR count).